The predicted molar refractivity (Wildman–Crippen MR) is 134 cm³/mol. The number of aliphatic hydroxyl groups is 1. The van der Waals surface area contributed by atoms with E-state index in [1.54, 1.807) is 40.6 Å². The highest BCUT2D eigenvalue weighted by molar-refractivity contribution is 8.02. The smallest absolute Gasteiger partial charge is 0.251 e. The summed E-state index contributed by atoms with van der Waals surface area (Å²) in [6, 6.07) is 6.52. The molecule has 3 amide bonds. The summed E-state index contributed by atoms with van der Waals surface area (Å²) in [5, 5.41) is 9.52. The topological polar surface area (TPSA) is 90.4 Å². The molecule has 2 saturated heterocycles. The van der Waals surface area contributed by atoms with Crippen LogP contribution >= 0.6 is 11.8 Å². The van der Waals surface area contributed by atoms with Crippen LogP contribution in [0.1, 0.15) is 13.3 Å². The van der Waals surface area contributed by atoms with Gasteiger partial charge in [-0.05, 0) is 37.6 Å². The fraction of sp³-hybridized carbons (Fsp3) is 0.500. The molecule has 0 saturated carbocycles. The first kappa shape index (κ1) is 23.9. The molecule has 1 unspecified atom stereocenters. The molecule has 186 valence electrons. The summed E-state index contributed by atoms with van der Waals surface area (Å²) in [4.78, 5) is 46.8. The third kappa shape index (κ3) is 3.50. The Hall–Kier alpha value is -2.78. The number of ether oxygens (including phenoxy) is 1. The van der Waals surface area contributed by atoms with Crippen LogP contribution in [-0.4, -0.2) is 88.6 Å². The minimum atomic E-state index is -0.873. The molecule has 5 atom stereocenters. The average molecular weight is 498 g/mol. The number of likely N-dealkylation sites (N-methyl/N-ethyl adjacent to an activating group) is 1. The van der Waals surface area contributed by atoms with Gasteiger partial charge in [0.15, 0.2) is 0 Å². The summed E-state index contributed by atoms with van der Waals surface area (Å²) in [7, 11) is 3.35. The van der Waals surface area contributed by atoms with Gasteiger partial charge in [-0.25, -0.2) is 0 Å². The van der Waals surface area contributed by atoms with Crippen LogP contribution < -0.4 is 9.64 Å². The number of fused-ring (bicyclic) bond motifs is 2. The number of thioether (sulfide) groups is 1. The summed E-state index contributed by atoms with van der Waals surface area (Å²) in [6.45, 7) is 3.05. The first-order valence-corrected chi connectivity index (χ1v) is 12.8. The molecule has 9 heteroatoms. The van der Waals surface area contributed by atoms with Crippen molar-refractivity contribution in [3.8, 4) is 5.75 Å². The molecule has 1 aromatic rings. The standard InChI is InChI=1S/C26H31N3O5S/c1-25-11-4-13-27(2)22(31)19(25)20-23(32)29(15-6-16-30)21-24(33)28(14-5-12-26(20,21)35-25)17-7-9-18(34-3)10-8-17/h4-5,7-12,19-21,30H,6,13-16H2,1-3H3/t19-,20+,21?,25+,26+/m1/s1. The van der Waals surface area contributed by atoms with Gasteiger partial charge in [-0.1, -0.05) is 24.3 Å². The van der Waals surface area contributed by atoms with E-state index >= 15 is 0 Å². The molecule has 35 heavy (non-hydrogen) atoms. The maximum Gasteiger partial charge on any atom is 0.251 e. The van der Waals surface area contributed by atoms with Gasteiger partial charge in [-0.2, -0.15) is 0 Å². The highest BCUT2D eigenvalue weighted by atomic mass is 32.2. The van der Waals surface area contributed by atoms with E-state index in [0.717, 1.165) is 5.69 Å². The largest absolute Gasteiger partial charge is 0.497 e. The van der Waals surface area contributed by atoms with Crippen molar-refractivity contribution in [1.82, 2.24) is 9.80 Å². The Morgan fingerprint density at radius 2 is 1.74 bits per heavy atom. The SMILES string of the molecule is COc1ccc(N2CC=C[C@]34S[C@@]5(C)C=CCN(C)C(=O)[C@H]5[C@H]3C(=O)N(CCCO)C4C2=O)cc1. The minimum absolute atomic E-state index is 0.0694. The fourth-order valence-corrected chi connectivity index (χ4v) is 8.28. The Labute approximate surface area is 209 Å². The number of anilines is 1. The van der Waals surface area contributed by atoms with Crippen LogP contribution in [0.3, 0.4) is 0 Å². The summed E-state index contributed by atoms with van der Waals surface area (Å²) < 4.78 is 3.78. The van der Waals surface area contributed by atoms with Crippen molar-refractivity contribution in [2.24, 2.45) is 11.8 Å². The Kier molecular flexibility index (Phi) is 5.96. The van der Waals surface area contributed by atoms with Crippen molar-refractivity contribution in [3.63, 3.8) is 0 Å². The van der Waals surface area contributed by atoms with Gasteiger partial charge in [-0.15, -0.1) is 11.8 Å². The quantitative estimate of drug-likeness (QED) is 0.623. The van der Waals surface area contributed by atoms with Gasteiger partial charge in [0.05, 0.1) is 23.7 Å². The van der Waals surface area contributed by atoms with Crippen LogP contribution in [0.15, 0.2) is 48.6 Å². The summed E-state index contributed by atoms with van der Waals surface area (Å²) in [6.07, 6.45) is 8.36. The van der Waals surface area contributed by atoms with E-state index in [1.807, 2.05) is 55.5 Å². The zero-order chi connectivity index (χ0) is 25.0. The lowest BCUT2D eigenvalue weighted by Crippen LogP contribution is -2.53. The van der Waals surface area contributed by atoms with Gasteiger partial charge < -0.3 is 24.5 Å². The minimum Gasteiger partial charge on any atom is -0.497 e. The highest BCUT2D eigenvalue weighted by Crippen LogP contribution is 2.65. The van der Waals surface area contributed by atoms with E-state index in [1.165, 1.54) is 0 Å². The van der Waals surface area contributed by atoms with E-state index in [2.05, 4.69) is 0 Å². The number of methoxy groups -OCH3 is 1. The lowest BCUT2D eigenvalue weighted by Gasteiger charge is -2.36. The number of carbonyl (C=O) groups is 3. The second-order valence-electron chi connectivity index (χ2n) is 9.78. The number of hydrogen-bond donors (Lipinski definition) is 1. The van der Waals surface area contributed by atoms with Crippen molar-refractivity contribution in [1.29, 1.82) is 0 Å². The Morgan fingerprint density at radius 1 is 1.03 bits per heavy atom. The molecule has 0 aliphatic carbocycles. The Morgan fingerprint density at radius 3 is 2.43 bits per heavy atom. The van der Waals surface area contributed by atoms with Gasteiger partial charge in [0.2, 0.25) is 11.8 Å². The number of likely N-dealkylation sites (tertiary alicyclic amines) is 1. The maximum absolute atomic E-state index is 14.2. The summed E-state index contributed by atoms with van der Waals surface area (Å²) >= 11 is 1.57. The zero-order valence-corrected chi connectivity index (χ0v) is 21.0. The van der Waals surface area contributed by atoms with Crippen molar-refractivity contribution >= 4 is 35.2 Å². The Bertz CT molecular complexity index is 1100. The molecule has 1 spiro atoms. The molecule has 0 bridgehead atoms. The highest BCUT2D eigenvalue weighted by Gasteiger charge is 2.73. The van der Waals surface area contributed by atoms with E-state index < -0.39 is 27.4 Å². The van der Waals surface area contributed by atoms with Crippen LogP contribution in [0.5, 0.6) is 5.75 Å². The Balaban J connectivity index is 1.62. The van der Waals surface area contributed by atoms with Gasteiger partial charge in [0.25, 0.3) is 5.91 Å². The third-order valence-corrected chi connectivity index (χ3v) is 9.50. The normalized spacial score (nSPS) is 34.0. The first-order valence-electron chi connectivity index (χ1n) is 11.9. The average Bonchev–Trinajstić information content (AvgIpc) is 3.12. The number of aliphatic hydroxyl groups excluding tert-OH is 1. The lowest BCUT2D eigenvalue weighted by atomic mass is 9.74. The van der Waals surface area contributed by atoms with Crippen LogP contribution in [0.25, 0.3) is 0 Å². The predicted octanol–water partition coefficient (Wildman–Crippen LogP) is 1.70. The second kappa shape index (κ2) is 8.71. The molecule has 8 nitrogen and oxygen atoms in total. The van der Waals surface area contributed by atoms with Crippen molar-refractivity contribution in [3.05, 3.63) is 48.6 Å². The van der Waals surface area contributed by atoms with E-state index in [-0.39, 0.29) is 30.9 Å². The van der Waals surface area contributed by atoms with Crippen molar-refractivity contribution in [2.75, 3.05) is 45.3 Å². The molecule has 0 aromatic heterocycles. The van der Waals surface area contributed by atoms with E-state index in [0.29, 0.717) is 25.3 Å². The van der Waals surface area contributed by atoms with Crippen molar-refractivity contribution in [2.45, 2.75) is 28.9 Å². The summed E-state index contributed by atoms with van der Waals surface area (Å²) in [5.74, 6) is -0.967. The fourth-order valence-electron chi connectivity index (χ4n) is 6.12. The van der Waals surface area contributed by atoms with Gasteiger partial charge >= 0.3 is 0 Å². The molecule has 5 rings (SSSR count). The number of hydrogen-bond acceptors (Lipinski definition) is 6. The second-order valence-corrected chi connectivity index (χ2v) is 11.6. The molecule has 1 N–H and O–H groups in total. The van der Waals surface area contributed by atoms with Gasteiger partial charge in [0.1, 0.15) is 11.8 Å². The molecule has 0 radical (unpaired) electrons. The molecule has 4 heterocycles. The number of amides is 3. The maximum atomic E-state index is 14.2. The van der Waals surface area contributed by atoms with Gasteiger partial charge in [-0.3, -0.25) is 14.4 Å². The molecular weight excluding hydrogens is 466 g/mol. The van der Waals surface area contributed by atoms with Gasteiger partial charge in [0, 0.05) is 43.7 Å². The molecular formula is C26H31N3O5S. The van der Waals surface area contributed by atoms with Crippen LogP contribution in [0.4, 0.5) is 5.69 Å². The monoisotopic (exact) mass is 497 g/mol. The molecule has 4 aliphatic heterocycles. The first-order chi connectivity index (χ1) is 16.8. The molecule has 4 aliphatic rings. The number of benzene rings is 1. The number of carbonyl (C=O) groups excluding carboxylic acids is 3. The zero-order valence-electron chi connectivity index (χ0n) is 20.2. The molecule has 2 fully saturated rings. The third-order valence-electron chi connectivity index (χ3n) is 7.70. The van der Waals surface area contributed by atoms with E-state index in [9.17, 15) is 19.5 Å². The summed E-state index contributed by atoms with van der Waals surface area (Å²) in [5.41, 5.74) is 0.717. The number of rotatable bonds is 5. The van der Waals surface area contributed by atoms with Crippen LogP contribution in [0.2, 0.25) is 0 Å². The van der Waals surface area contributed by atoms with Crippen LogP contribution in [0, 0.1) is 11.8 Å². The lowest BCUT2D eigenvalue weighted by molar-refractivity contribution is -0.143. The molecule has 1 aromatic carbocycles. The van der Waals surface area contributed by atoms with Crippen molar-refractivity contribution < 1.29 is 24.2 Å². The van der Waals surface area contributed by atoms with Crippen LogP contribution in [-0.2, 0) is 14.4 Å². The van der Waals surface area contributed by atoms with E-state index in [4.69, 9.17) is 4.74 Å². The number of nitrogens with zero attached hydrogens (tertiary/aromatic N) is 3.